The molecule has 3 heteroatoms. The van der Waals surface area contributed by atoms with Crippen LogP contribution >= 0.6 is 0 Å². The fourth-order valence-electron chi connectivity index (χ4n) is 1.66. The van der Waals surface area contributed by atoms with Crippen LogP contribution in [0.15, 0.2) is 36.4 Å². The summed E-state index contributed by atoms with van der Waals surface area (Å²) in [5, 5.41) is 0. The zero-order valence-electron chi connectivity index (χ0n) is 10.7. The van der Waals surface area contributed by atoms with E-state index in [9.17, 15) is 4.79 Å². The molecule has 0 radical (unpaired) electrons. The Morgan fingerprint density at radius 2 is 2.06 bits per heavy atom. The zero-order valence-corrected chi connectivity index (χ0v) is 10.7. The number of ether oxygens (including phenoxy) is 1. The Balaban J connectivity index is 2.67. The molecular weight excluding hydrogens is 214 g/mol. The number of rotatable bonds is 5. The summed E-state index contributed by atoms with van der Waals surface area (Å²) in [4.78, 5) is 13.4. The molecule has 0 amide bonds. The van der Waals surface area contributed by atoms with E-state index in [1.54, 1.807) is 6.92 Å². The molecule has 3 nitrogen and oxygen atoms in total. The Morgan fingerprint density at radius 1 is 1.41 bits per heavy atom. The van der Waals surface area contributed by atoms with Gasteiger partial charge in [-0.2, -0.15) is 0 Å². The molecule has 0 fully saturated rings. The molecule has 0 aliphatic heterocycles. The highest BCUT2D eigenvalue weighted by molar-refractivity contribution is 5.88. The van der Waals surface area contributed by atoms with E-state index in [1.807, 2.05) is 43.1 Å². The fourth-order valence-corrected chi connectivity index (χ4v) is 1.66. The lowest BCUT2D eigenvalue weighted by molar-refractivity contribution is -0.138. The predicted octanol–water partition coefficient (Wildman–Crippen LogP) is 2.55. The number of para-hydroxylation sites is 1. The number of benzene rings is 1. The van der Waals surface area contributed by atoms with Crippen LogP contribution in [0.5, 0.6) is 0 Å². The van der Waals surface area contributed by atoms with Gasteiger partial charge in [0.1, 0.15) is 0 Å². The second-order valence-electron chi connectivity index (χ2n) is 3.97. The molecule has 1 aromatic carbocycles. The van der Waals surface area contributed by atoms with Crippen molar-refractivity contribution in [3.05, 3.63) is 42.0 Å². The molecule has 92 valence electrons. The standard InChI is InChI=1S/C14H19NO2/c1-5-17-14(16)12(3)10-15(4)13-9-7-6-8-11(13)2/h6-9H,3,5,10H2,1-2,4H3. The average Bonchev–Trinajstić information content (AvgIpc) is 2.29. The van der Waals surface area contributed by atoms with Crippen molar-refractivity contribution < 1.29 is 9.53 Å². The van der Waals surface area contributed by atoms with Crippen LogP contribution in [0.4, 0.5) is 5.69 Å². The van der Waals surface area contributed by atoms with Gasteiger partial charge in [-0.05, 0) is 25.5 Å². The van der Waals surface area contributed by atoms with Gasteiger partial charge in [-0.1, -0.05) is 24.8 Å². The van der Waals surface area contributed by atoms with Gasteiger partial charge in [0.25, 0.3) is 0 Å². The zero-order chi connectivity index (χ0) is 12.8. The molecule has 0 aliphatic carbocycles. The quantitative estimate of drug-likeness (QED) is 0.578. The van der Waals surface area contributed by atoms with Crippen molar-refractivity contribution in [3.8, 4) is 0 Å². The number of hydrogen-bond acceptors (Lipinski definition) is 3. The number of anilines is 1. The SMILES string of the molecule is C=C(CN(C)c1ccccc1C)C(=O)OCC. The first-order valence-electron chi connectivity index (χ1n) is 5.68. The summed E-state index contributed by atoms with van der Waals surface area (Å²) in [5.74, 6) is -0.326. The predicted molar refractivity (Wildman–Crippen MR) is 70.2 cm³/mol. The van der Waals surface area contributed by atoms with E-state index in [0.717, 1.165) is 5.69 Å². The third kappa shape index (κ3) is 3.63. The number of nitrogens with zero attached hydrogens (tertiary/aromatic N) is 1. The van der Waals surface area contributed by atoms with Gasteiger partial charge in [0, 0.05) is 24.9 Å². The molecule has 0 bridgehead atoms. The lowest BCUT2D eigenvalue weighted by Crippen LogP contribution is -2.24. The maximum atomic E-state index is 11.4. The van der Waals surface area contributed by atoms with Crippen molar-refractivity contribution in [1.82, 2.24) is 0 Å². The van der Waals surface area contributed by atoms with E-state index >= 15 is 0 Å². The summed E-state index contributed by atoms with van der Waals surface area (Å²) in [6.07, 6.45) is 0. The minimum atomic E-state index is -0.326. The van der Waals surface area contributed by atoms with E-state index in [1.165, 1.54) is 5.56 Å². The first-order chi connectivity index (χ1) is 8.06. The van der Waals surface area contributed by atoms with Crippen molar-refractivity contribution in [3.63, 3.8) is 0 Å². The van der Waals surface area contributed by atoms with Gasteiger partial charge in [-0.15, -0.1) is 0 Å². The second-order valence-corrected chi connectivity index (χ2v) is 3.97. The largest absolute Gasteiger partial charge is 0.463 e. The highest BCUT2D eigenvalue weighted by atomic mass is 16.5. The van der Waals surface area contributed by atoms with E-state index < -0.39 is 0 Å². The Kier molecular flexibility index (Phi) is 4.76. The van der Waals surface area contributed by atoms with Gasteiger partial charge in [0.05, 0.1) is 6.61 Å². The third-order valence-corrected chi connectivity index (χ3v) is 2.52. The van der Waals surface area contributed by atoms with Crippen molar-refractivity contribution >= 4 is 11.7 Å². The normalized spacial score (nSPS) is 9.82. The van der Waals surface area contributed by atoms with Crippen molar-refractivity contribution in [2.75, 3.05) is 25.1 Å². The number of carbonyl (C=O) groups is 1. The minimum Gasteiger partial charge on any atom is -0.463 e. The van der Waals surface area contributed by atoms with Crippen LogP contribution < -0.4 is 4.90 Å². The lowest BCUT2D eigenvalue weighted by Gasteiger charge is -2.21. The summed E-state index contributed by atoms with van der Waals surface area (Å²) in [6.45, 7) is 8.44. The van der Waals surface area contributed by atoms with Crippen molar-refractivity contribution in [2.24, 2.45) is 0 Å². The van der Waals surface area contributed by atoms with E-state index in [4.69, 9.17) is 4.74 Å². The molecule has 0 N–H and O–H groups in total. The molecule has 0 unspecified atom stereocenters. The highest BCUT2D eigenvalue weighted by Gasteiger charge is 2.11. The summed E-state index contributed by atoms with van der Waals surface area (Å²) in [7, 11) is 1.94. The maximum absolute atomic E-state index is 11.4. The first kappa shape index (κ1) is 13.3. The Hall–Kier alpha value is -1.77. The van der Waals surface area contributed by atoms with Gasteiger partial charge in [0.15, 0.2) is 0 Å². The molecule has 0 spiro atoms. The molecule has 0 heterocycles. The summed E-state index contributed by atoms with van der Waals surface area (Å²) in [5.41, 5.74) is 2.74. The molecule has 0 atom stereocenters. The summed E-state index contributed by atoms with van der Waals surface area (Å²) < 4.78 is 4.91. The van der Waals surface area contributed by atoms with Gasteiger partial charge in [-0.3, -0.25) is 0 Å². The second kappa shape index (κ2) is 6.09. The Morgan fingerprint density at radius 3 is 2.65 bits per heavy atom. The smallest absolute Gasteiger partial charge is 0.335 e. The third-order valence-electron chi connectivity index (χ3n) is 2.52. The highest BCUT2D eigenvalue weighted by Crippen LogP contribution is 2.18. The molecule has 0 aliphatic rings. The molecule has 1 aromatic rings. The van der Waals surface area contributed by atoms with E-state index in [2.05, 4.69) is 6.58 Å². The number of esters is 1. The maximum Gasteiger partial charge on any atom is 0.335 e. The monoisotopic (exact) mass is 233 g/mol. The number of carbonyl (C=O) groups excluding carboxylic acids is 1. The van der Waals surface area contributed by atoms with Crippen LogP contribution in [0.1, 0.15) is 12.5 Å². The Labute approximate surface area is 103 Å². The van der Waals surface area contributed by atoms with Gasteiger partial charge in [-0.25, -0.2) is 4.79 Å². The molecular formula is C14H19NO2. The molecule has 17 heavy (non-hydrogen) atoms. The minimum absolute atomic E-state index is 0.326. The topological polar surface area (TPSA) is 29.5 Å². The fraction of sp³-hybridized carbons (Fsp3) is 0.357. The van der Waals surface area contributed by atoms with Crippen molar-refractivity contribution in [1.29, 1.82) is 0 Å². The van der Waals surface area contributed by atoms with Crippen LogP contribution in [-0.4, -0.2) is 26.2 Å². The lowest BCUT2D eigenvalue weighted by atomic mass is 10.1. The summed E-state index contributed by atoms with van der Waals surface area (Å²) in [6, 6.07) is 8.03. The van der Waals surface area contributed by atoms with Crippen molar-refractivity contribution in [2.45, 2.75) is 13.8 Å². The van der Waals surface area contributed by atoms with E-state index in [0.29, 0.717) is 18.7 Å². The molecule has 1 rings (SSSR count). The molecule has 0 saturated carbocycles. The number of hydrogen-bond donors (Lipinski definition) is 0. The van der Waals surface area contributed by atoms with Gasteiger partial charge < -0.3 is 9.64 Å². The first-order valence-corrected chi connectivity index (χ1v) is 5.68. The van der Waals surface area contributed by atoms with Crippen LogP contribution in [0.3, 0.4) is 0 Å². The average molecular weight is 233 g/mol. The van der Waals surface area contributed by atoms with Crippen LogP contribution in [0.25, 0.3) is 0 Å². The Bertz CT molecular complexity index is 412. The van der Waals surface area contributed by atoms with Crippen LogP contribution in [0.2, 0.25) is 0 Å². The summed E-state index contributed by atoms with van der Waals surface area (Å²) >= 11 is 0. The molecule has 0 aromatic heterocycles. The number of aryl methyl sites for hydroxylation is 1. The van der Waals surface area contributed by atoms with Gasteiger partial charge >= 0.3 is 5.97 Å². The molecule has 0 saturated heterocycles. The van der Waals surface area contributed by atoms with E-state index in [-0.39, 0.29) is 5.97 Å². The number of likely N-dealkylation sites (N-methyl/N-ethyl adjacent to an activating group) is 1. The van der Waals surface area contributed by atoms with Gasteiger partial charge in [0.2, 0.25) is 0 Å². The van der Waals surface area contributed by atoms with Crippen LogP contribution in [0, 0.1) is 6.92 Å². The van der Waals surface area contributed by atoms with Crippen LogP contribution in [-0.2, 0) is 9.53 Å².